The Labute approximate surface area is 379 Å². The molecule has 2 unspecified atom stereocenters. The highest BCUT2D eigenvalue weighted by atomic mass is 32.3. The molecule has 4 saturated carbocycles. The quantitative estimate of drug-likeness (QED) is 0.156. The third-order valence-corrected chi connectivity index (χ3v) is 20.3. The van der Waals surface area contributed by atoms with Crippen molar-refractivity contribution < 1.29 is 4.42 Å². The molecule has 8 aromatic carbocycles. The Kier molecular flexibility index (Phi) is 8.52. The van der Waals surface area contributed by atoms with Gasteiger partial charge in [0, 0.05) is 30.4 Å². The lowest BCUT2D eigenvalue weighted by Crippen LogP contribution is -2.55. The van der Waals surface area contributed by atoms with Gasteiger partial charge in [-0.15, -0.1) is 10.0 Å². The van der Waals surface area contributed by atoms with Gasteiger partial charge < -0.3 is 4.42 Å². The van der Waals surface area contributed by atoms with Gasteiger partial charge in [0.05, 0.1) is 0 Å². The molecule has 0 saturated heterocycles. The first-order chi connectivity index (χ1) is 31.3. The molecule has 4 fully saturated rings. The van der Waals surface area contributed by atoms with Gasteiger partial charge in [-0.1, -0.05) is 121 Å². The van der Waals surface area contributed by atoms with Gasteiger partial charge in [0.2, 0.25) is 0 Å². The van der Waals surface area contributed by atoms with Crippen LogP contribution in [-0.2, 0) is 17.3 Å². The van der Waals surface area contributed by atoms with E-state index in [1.807, 2.05) is 0 Å². The molecule has 2 heterocycles. The lowest BCUT2D eigenvalue weighted by atomic mass is 9.42. The van der Waals surface area contributed by atoms with E-state index >= 15 is 0 Å². The molecule has 1 aliphatic heterocycles. The minimum Gasteiger partial charge on any atom is -0.456 e. The maximum atomic E-state index is 6.40. The van der Waals surface area contributed by atoms with E-state index in [-0.39, 0.29) is 10.8 Å². The summed E-state index contributed by atoms with van der Waals surface area (Å²) in [6, 6.07) is 68.0. The van der Waals surface area contributed by atoms with E-state index < -0.39 is 10.0 Å². The predicted molar refractivity (Wildman–Crippen MR) is 266 cm³/mol. The van der Waals surface area contributed by atoms with Gasteiger partial charge in [-0.05, 0) is 205 Å². The second kappa shape index (κ2) is 14.2. The van der Waals surface area contributed by atoms with Crippen molar-refractivity contribution in [3.8, 4) is 22.3 Å². The van der Waals surface area contributed by atoms with Crippen LogP contribution in [0.5, 0.6) is 0 Å². The van der Waals surface area contributed by atoms with Crippen LogP contribution in [0.2, 0.25) is 0 Å². The molecule has 64 heavy (non-hydrogen) atoms. The molecule has 4 aliphatic carbocycles. The van der Waals surface area contributed by atoms with Crippen molar-refractivity contribution in [3.05, 3.63) is 215 Å². The monoisotopic (exact) mass is 846 g/mol. The summed E-state index contributed by atoms with van der Waals surface area (Å²) in [6.07, 6.45) is 8.90. The van der Waals surface area contributed by atoms with Crippen molar-refractivity contribution in [2.45, 2.75) is 96.1 Å². The fourth-order valence-electron chi connectivity index (χ4n) is 14.1. The van der Waals surface area contributed by atoms with Crippen LogP contribution in [0.3, 0.4) is 0 Å². The smallest absolute Gasteiger partial charge is 0.135 e. The minimum atomic E-state index is -1.64. The third kappa shape index (κ3) is 5.70. The number of aryl methyl sites for hydroxylation is 3. The van der Waals surface area contributed by atoms with Gasteiger partial charge in [0.1, 0.15) is 11.2 Å². The molecule has 2 heteroatoms. The van der Waals surface area contributed by atoms with Crippen LogP contribution in [0.25, 0.3) is 44.2 Å². The molecule has 1 aromatic heterocycles. The van der Waals surface area contributed by atoms with E-state index in [1.54, 1.807) is 11.1 Å². The van der Waals surface area contributed by atoms with E-state index in [0.29, 0.717) is 0 Å². The molecular formula is C62H54OS. The van der Waals surface area contributed by atoms with E-state index in [2.05, 4.69) is 197 Å². The Morgan fingerprint density at radius 3 is 1.64 bits per heavy atom. The molecule has 2 atom stereocenters. The van der Waals surface area contributed by atoms with E-state index in [9.17, 15) is 0 Å². The van der Waals surface area contributed by atoms with Crippen LogP contribution in [0, 0.1) is 32.6 Å². The Morgan fingerprint density at radius 1 is 0.500 bits per heavy atom. The van der Waals surface area contributed by atoms with Crippen LogP contribution < -0.4 is 0 Å². The zero-order valence-corrected chi connectivity index (χ0v) is 38.0. The number of rotatable bonds is 7. The predicted octanol–water partition coefficient (Wildman–Crippen LogP) is 16.9. The summed E-state index contributed by atoms with van der Waals surface area (Å²) in [5.74, 6) is 1.58. The molecule has 5 aliphatic rings. The molecule has 1 nitrogen and oxygen atoms in total. The molecule has 9 aromatic rings. The first-order valence-corrected chi connectivity index (χ1v) is 25.2. The summed E-state index contributed by atoms with van der Waals surface area (Å²) in [6.45, 7) is 6.68. The van der Waals surface area contributed by atoms with Crippen molar-refractivity contribution in [2.75, 3.05) is 0 Å². The summed E-state index contributed by atoms with van der Waals surface area (Å²) in [5, 5.41) is 2.40. The summed E-state index contributed by atoms with van der Waals surface area (Å²) < 4.78 is 6.40. The van der Waals surface area contributed by atoms with Crippen molar-refractivity contribution >= 4 is 32.0 Å². The van der Waals surface area contributed by atoms with Crippen LogP contribution in [0.15, 0.2) is 200 Å². The van der Waals surface area contributed by atoms with E-state index in [4.69, 9.17) is 4.42 Å². The Balaban J connectivity index is 0.823. The maximum Gasteiger partial charge on any atom is 0.135 e. The summed E-state index contributed by atoms with van der Waals surface area (Å²) in [5.41, 5.74) is 17.6. The Hall–Kier alpha value is -6.09. The van der Waals surface area contributed by atoms with Crippen LogP contribution in [-0.4, -0.2) is 0 Å². The molecule has 0 radical (unpaired) electrons. The molecule has 0 amide bonds. The fourth-order valence-corrected chi connectivity index (χ4v) is 18.3. The Morgan fingerprint density at radius 2 is 1.02 bits per heavy atom. The fraction of sp³-hybridized carbons (Fsp3) is 0.226. The Bertz CT molecular complexity index is 3210. The van der Waals surface area contributed by atoms with Gasteiger partial charge in [-0.25, -0.2) is 0 Å². The number of benzene rings is 8. The zero-order chi connectivity index (χ0) is 42.8. The van der Waals surface area contributed by atoms with Crippen LogP contribution in [0.4, 0.5) is 0 Å². The lowest BCUT2D eigenvalue weighted by molar-refractivity contribution is -0.0281. The second-order valence-corrected chi connectivity index (χ2v) is 23.3. The van der Waals surface area contributed by atoms with Gasteiger partial charge >= 0.3 is 0 Å². The topological polar surface area (TPSA) is 13.1 Å². The van der Waals surface area contributed by atoms with Gasteiger partial charge in [0.25, 0.3) is 0 Å². The minimum absolute atomic E-state index is 0.227. The van der Waals surface area contributed by atoms with Crippen molar-refractivity contribution in [1.29, 1.82) is 0 Å². The summed E-state index contributed by atoms with van der Waals surface area (Å²) in [7, 11) is -1.64. The molecule has 0 spiro atoms. The van der Waals surface area contributed by atoms with Crippen molar-refractivity contribution in [1.82, 2.24) is 0 Å². The normalized spacial score (nSPS) is 23.0. The highest BCUT2D eigenvalue weighted by Crippen LogP contribution is 2.80. The highest BCUT2D eigenvalue weighted by Gasteiger charge is 2.58. The standard InChI is InChI=1S/C62H54OS/c1-40-29-41(2)54(42(3)30-40)32-43-17-27-57-55(33-43)56-34-47(20-28-58(56)63-57)46-18-21-48(22-19-46)61-35-44-31-45(36-61)38-62(37-44,39-61)49-23-25-51(26-24-49)64(50-11-5-4-6-12-50)59-15-9-7-13-52(59)53-14-8-10-16-60(53)64/h4-30,33-34,44-45H,31-32,35-39H2,1-3H3. The third-order valence-electron chi connectivity index (χ3n) is 16.3. The second-order valence-electron chi connectivity index (χ2n) is 20.2. The number of furan rings is 1. The molecule has 314 valence electrons. The number of hydrogen-bond acceptors (Lipinski definition) is 1. The van der Waals surface area contributed by atoms with Crippen molar-refractivity contribution in [2.24, 2.45) is 11.8 Å². The van der Waals surface area contributed by atoms with Crippen LogP contribution in [0.1, 0.15) is 77.5 Å². The largest absolute Gasteiger partial charge is 0.456 e. The molecule has 4 bridgehead atoms. The molecule has 0 N–H and O–H groups in total. The average Bonchev–Trinajstić information content (AvgIpc) is 3.83. The van der Waals surface area contributed by atoms with Gasteiger partial charge in [-0.3, -0.25) is 0 Å². The first-order valence-electron chi connectivity index (χ1n) is 23.6. The highest BCUT2D eigenvalue weighted by molar-refractivity contribution is 8.34. The average molecular weight is 847 g/mol. The lowest BCUT2D eigenvalue weighted by Gasteiger charge is -2.63. The summed E-state index contributed by atoms with van der Waals surface area (Å²) in [4.78, 5) is 5.81. The van der Waals surface area contributed by atoms with Crippen molar-refractivity contribution in [3.63, 3.8) is 0 Å². The number of fused-ring (bicyclic) bond motifs is 6. The number of hydrogen-bond donors (Lipinski definition) is 0. The van der Waals surface area contributed by atoms with Gasteiger partial charge in [0.15, 0.2) is 0 Å². The molecule has 14 rings (SSSR count). The molecular weight excluding hydrogens is 793 g/mol. The van der Waals surface area contributed by atoms with E-state index in [1.165, 1.54) is 119 Å². The zero-order valence-electron chi connectivity index (χ0n) is 37.2. The maximum absolute atomic E-state index is 6.40. The van der Waals surface area contributed by atoms with Crippen LogP contribution >= 0.6 is 10.0 Å². The van der Waals surface area contributed by atoms with E-state index in [0.717, 1.165) is 29.4 Å². The first kappa shape index (κ1) is 38.4. The summed E-state index contributed by atoms with van der Waals surface area (Å²) >= 11 is 0. The SMILES string of the molecule is Cc1cc(C)c(Cc2ccc3oc4ccc(-c5ccc(C67CC8CC(C6)CC(c6ccc(S9(c%10ccccc%10)c%10ccccc%10-c%10ccccc%109)cc6)(C8)C7)cc5)cc4c3c2)c(C)c1. The van der Waals surface area contributed by atoms with Gasteiger partial charge in [-0.2, -0.15) is 0 Å².